The quantitative estimate of drug-likeness (QED) is 0.696. The van der Waals surface area contributed by atoms with E-state index < -0.39 is 11.5 Å². The van der Waals surface area contributed by atoms with Gasteiger partial charge < -0.3 is 10.0 Å². The van der Waals surface area contributed by atoms with Crippen LogP contribution in [0.5, 0.6) is 0 Å². The van der Waals surface area contributed by atoms with E-state index in [4.69, 9.17) is 0 Å². The summed E-state index contributed by atoms with van der Waals surface area (Å²) in [6, 6.07) is 9.49. The van der Waals surface area contributed by atoms with Crippen molar-refractivity contribution in [3.05, 3.63) is 35.9 Å². The van der Waals surface area contributed by atoms with Gasteiger partial charge in [0, 0.05) is 6.54 Å². The van der Waals surface area contributed by atoms with E-state index in [9.17, 15) is 9.90 Å². The van der Waals surface area contributed by atoms with Gasteiger partial charge in [0.15, 0.2) is 5.54 Å². The maximum Gasteiger partial charge on any atom is 0.329 e. The Bertz CT molecular complexity index is 422. The van der Waals surface area contributed by atoms with Crippen molar-refractivity contribution in [2.24, 2.45) is 0 Å². The Hall–Kier alpha value is -1.39. The number of nitrogens with zero attached hydrogens (tertiary/aromatic N) is 1. The minimum atomic E-state index is -1.04. The summed E-state index contributed by atoms with van der Waals surface area (Å²) in [6.45, 7) is 9.07. The van der Waals surface area contributed by atoms with Crippen molar-refractivity contribution >= 4 is 5.97 Å². The summed E-state index contributed by atoms with van der Waals surface area (Å²) in [7, 11) is 0. The van der Waals surface area contributed by atoms with Gasteiger partial charge in [-0.2, -0.15) is 0 Å². The molecule has 1 unspecified atom stereocenters. The summed E-state index contributed by atoms with van der Waals surface area (Å²) in [4.78, 5) is 14.3. The van der Waals surface area contributed by atoms with E-state index in [0.29, 0.717) is 13.1 Å². The molecule has 0 aliphatic heterocycles. The maximum atomic E-state index is 12.0. The highest BCUT2D eigenvalue weighted by molar-refractivity contribution is 5.81. The molecule has 0 saturated carbocycles. The van der Waals surface area contributed by atoms with Crippen molar-refractivity contribution in [3.63, 3.8) is 0 Å². The summed E-state index contributed by atoms with van der Waals surface area (Å²) in [5, 5.41) is 13.1. The van der Waals surface area contributed by atoms with Gasteiger partial charge in [-0.05, 0) is 31.6 Å². The average molecular weight is 292 g/mol. The molecule has 118 valence electrons. The lowest BCUT2D eigenvalue weighted by Gasteiger charge is -2.36. The summed E-state index contributed by atoms with van der Waals surface area (Å²) in [5.74, 6) is -0.814. The van der Waals surface area contributed by atoms with Crippen LogP contribution >= 0.6 is 0 Å². The molecule has 1 rings (SSSR count). The van der Waals surface area contributed by atoms with E-state index in [-0.39, 0.29) is 0 Å². The van der Waals surface area contributed by atoms with Crippen molar-refractivity contribution in [3.8, 4) is 0 Å². The van der Waals surface area contributed by atoms with Crippen molar-refractivity contribution in [1.82, 2.24) is 10.2 Å². The summed E-state index contributed by atoms with van der Waals surface area (Å²) in [5.41, 5.74) is -0.228. The van der Waals surface area contributed by atoms with E-state index in [2.05, 4.69) is 24.1 Å². The van der Waals surface area contributed by atoms with Crippen LogP contribution in [0.15, 0.2) is 30.3 Å². The number of hydrogen-bond donors (Lipinski definition) is 2. The van der Waals surface area contributed by atoms with Gasteiger partial charge in [0.25, 0.3) is 0 Å². The van der Waals surface area contributed by atoms with Crippen LogP contribution in [0, 0.1) is 0 Å². The Morgan fingerprint density at radius 3 is 2.38 bits per heavy atom. The Morgan fingerprint density at radius 2 is 1.90 bits per heavy atom. The van der Waals surface area contributed by atoms with Gasteiger partial charge in [-0.3, -0.25) is 5.32 Å². The first-order valence-electron chi connectivity index (χ1n) is 7.87. The number of hydrogen-bond acceptors (Lipinski definition) is 3. The van der Waals surface area contributed by atoms with Crippen LogP contribution < -0.4 is 5.32 Å². The number of benzene rings is 1. The molecule has 0 fully saturated rings. The molecule has 0 heterocycles. The van der Waals surface area contributed by atoms with Gasteiger partial charge in [-0.1, -0.05) is 57.5 Å². The Kier molecular flexibility index (Phi) is 7.40. The smallest absolute Gasteiger partial charge is 0.329 e. The topological polar surface area (TPSA) is 52.6 Å². The summed E-state index contributed by atoms with van der Waals surface area (Å²) >= 11 is 0. The number of likely N-dealkylation sites (N-methyl/N-ethyl adjacent to an activating group) is 2. The first kappa shape index (κ1) is 17.7. The van der Waals surface area contributed by atoms with Gasteiger partial charge in [0.05, 0.1) is 0 Å². The number of carboxylic acids is 1. The summed E-state index contributed by atoms with van der Waals surface area (Å²) < 4.78 is 0. The molecule has 0 radical (unpaired) electrons. The molecular weight excluding hydrogens is 264 g/mol. The lowest BCUT2D eigenvalue weighted by Crippen LogP contribution is -2.56. The average Bonchev–Trinajstić information content (AvgIpc) is 2.51. The minimum Gasteiger partial charge on any atom is -0.480 e. The van der Waals surface area contributed by atoms with E-state index >= 15 is 0 Å². The minimum absolute atomic E-state index is 0.483. The number of nitrogens with one attached hydrogen (secondary N) is 1. The van der Waals surface area contributed by atoms with Crippen LogP contribution in [0.25, 0.3) is 0 Å². The lowest BCUT2D eigenvalue weighted by atomic mass is 9.88. The molecule has 4 nitrogen and oxygen atoms in total. The van der Waals surface area contributed by atoms with Crippen LogP contribution in [0.2, 0.25) is 0 Å². The molecule has 0 amide bonds. The molecule has 1 atom stereocenters. The lowest BCUT2D eigenvalue weighted by molar-refractivity contribution is -0.146. The van der Waals surface area contributed by atoms with Gasteiger partial charge >= 0.3 is 5.97 Å². The zero-order valence-corrected chi connectivity index (χ0v) is 13.4. The molecule has 0 spiro atoms. The van der Waals surface area contributed by atoms with Crippen LogP contribution in [-0.2, 0) is 10.3 Å². The Balaban J connectivity index is 3.08. The molecule has 0 bridgehead atoms. The first-order chi connectivity index (χ1) is 10.1. The molecule has 0 aliphatic carbocycles. The molecule has 1 aromatic carbocycles. The fourth-order valence-corrected chi connectivity index (χ4v) is 2.61. The SMILES string of the molecule is CCCCN(CC)CC(NCC)(C(=O)O)c1ccccc1. The summed E-state index contributed by atoms with van der Waals surface area (Å²) in [6.07, 6.45) is 2.20. The van der Waals surface area contributed by atoms with Crippen LogP contribution in [0.4, 0.5) is 0 Å². The van der Waals surface area contributed by atoms with Gasteiger partial charge in [0.2, 0.25) is 0 Å². The molecule has 0 aromatic heterocycles. The first-order valence-corrected chi connectivity index (χ1v) is 7.87. The second-order valence-corrected chi connectivity index (χ2v) is 5.33. The number of rotatable bonds is 10. The van der Waals surface area contributed by atoms with Crippen LogP contribution in [-0.4, -0.2) is 42.2 Å². The number of unbranched alkanes of at least 4 members (excludes halogenated alkanes) is 1. The zero-order chi connectivity index (χ0) is 15.7. The second kappa shape index (κ2) is 8.80. The fraction of sp³-hybridized carbons (Fsp3) is 0.588. The second-order valence-electron chi connectivity index (χ2n) is 5.33. The van der Waals surface area contributed by atoms with Gasteiger partial charge in [0.1, 0.15) is 0 Å². The zero-order valence-electron chi connectivity index (χ0n) is 13.4. The normalized spacial score (nSPS) is 14.1. The van der Waals surface area contributed by atoms with Crippen LogP contribution in [0.1, 0.15) is 39.2 Å². The van der Waals surface area contributed by atoms with E-state index in [1.54, 1.807) is 0 Å². The number of aliphatic carboxylic acids is 1. The standard InChI is InChI=1S/C17H28N2O2/c1-4-7-13-19(6-3)14-17(16(20)21,18-5-2)15-11-9-8-10-12-15/h8-12,18H,4-7,13-14H2,1-3H3,(H,20,21). The van der Waals surface area contributed by atoms with Crippen LogP contribution in [0.3, 0.4) is 0 Å². The third-order valence-corrected chi connectivity index (χ3v) is 3.85. The number of carboxylic acid groups (broad SMARTS) is 1. The Labute approximate surface area is 128 Å². The van der Waals surface area contributed by atoms with Crippen molar-refractivity contribution < 1.29 is 9.90 Å². The molecule has 0 aliphatic rings. The monoisotopic (exact) mass is 292 g/mol. The van der Waals surface area contributed by atoms with Gasteiger partial charge in [-0.15, -0.1) is 0 Å². The van der Waals surface area contributed by atoms with E-state index in [0.717, 1.165) is 31.5 Å². The molecule has 2 N–H and O–H groups in total. The molecule has 1 aromatic rings. The highest BCUT2D eigenvalue weighted by atomic mass is 16.4. The maximum absolute atomic E-state index is 12.0. The third kappa shape index (κ3) is 4.55. The molecular formula is C17H28N2O2. The Morgan fingerprint density at radius 1 is 1.24 bits per heavy atom. The van der Waals surface area contributed by atoms with Gasteiger partial charge in [-0.25, -0.2) is 4.79 Å². The van der Waals surface area contributed by atoms with E-state index in [1.807, 2.05) is 37.3 Å². The predicted octanol–water partition coefficient (Wildman–Crippen LogP) is 2.70. The molecule has 21 heavy (non-hydrogen) atoms. The van der Waals surface area contributed by atoms with Crippen molar-refractivity contribution in [2.75, 3.05) is 26.2 Å². The van der Waals surface area contributed by atoms with Crippen molar-refractivity contribution in [1.29, 1.82) is 0 Å². The third-order valence-electron chi connectivity index (χ3n) is 3.85. The molecule has 4 heteroatoms. The highest BCUT2D eigenvalue weighted by Gasteiger charge is 2.40. The fourth-order valence-electron chi connectivity index (χ4n) is 2.61. The van der Waals surface area contributed by atoms with E-state index in [1.165, 1.54) is 0 Å². The largest absolute Gasteiger partial charge is 0.480 e. The molecule has 0 saturated heterocycles. The predicted molar refractivity (Wildman–Crippen MR) is 86.5 cm³/mol. The highest BCUT2D eigenvalue weighted by Crippen LogP contribution is 2.23. The number of carbonyl (C=O) groups is 1. The van der Waals surface area contributed by atoms with Crippen molar-refractivity contribution in [2.45, 2.75) is 39.2 Å².